The molecule has 0 saturated heterocycles. The van der Waals surface area contributed by atoms with Crippen molar-refractivity contribution in [2.75, 3.05) is 11.4 Å². The van der Waals surface area contributed by atoms with Gasteiger partial charge in [-0.15, -0.1) is 0 Å². The number of nitrogens with zero attached hydrogens (tertiary/aromatic N) is 2. The maximum atomic E-state index is 13.6. The van der Waals surface area contributed by atoms with Crippen molar-refractivity contribution in [1.29, 1.82) is 0 Å². The minimum atomic E-state index is -0.694. The first-order chi connectivity index (χ1) is 16.3. The second-order valence-electron chi connectivity index (χ2n) is 8.71. The number of anilines is 1. The molecule has 1 aliphatic heterocycles. The first-order valence-corrected chi connectivity index (χ1v) is 12.3. The Balaban J connectivity index is 1.61. The summed E-state index contributed by atoms with van der Waals surface area (Å²) in [5.74, 6) is -0.689. The summed E-state index contributed by atoms with van der Waals surface area (Å²) in [4.78, 5) is 42.8. The zero-order valence-electron chi connectivity index (χ0n) is 19.5. The molecule has 3 amide bonds. The monoisotopic (exact) mass is 521 g/mol. The SMILES string of the molecule is CC[C@H](C)NC(=O)[C@H](C)N(Cc1ccc(Br)cc1)C(=O)CN1C(=O)c2cccc3cccc1c23. The van der Waals surface area contributed by atoms with Crippen molar-refractivity contribution in [2.45, 2.75) is 45.8 Å². The third-order valence-electron chi connectivity index (χ3n) is 6.38. The molecule has 2 atom stereocenters. The molecular formula is C27H28BrN3O3. The van der Waals surface area contributed by atoms with Crippen LogP contribution in [0.4, 0.5) is 5.69 Å². The van der Waals surface area contributed by atoms with E-state index in [0.29, 0.717) is 5.56 Å². The van der Waals surface area contributed by atoms with Crippen molar-refractivity contribution < 1.29 is 14.4 Å². The van der Waals surface area contributed by atoms with Crippen molar-refractivity contribution in [3.8, 4) is 0 Å². The summed E-state index contributed by atoms with van der Waals surface area (Å²) in [6.07, 6.45) is 0.795. The summed E-state index contributed by atoms with van der Waals surface area (Å²) in [6, 6.07) is 18.3. The molecule has 0 aromatic heterocycles. The van der Waals surface area contributed by atoms with E-state index in [-0.39, 0.29) is 36.9 Å². The summed E-state index contributed by atoms with van der Waals surface area (Å²) in [7, 11) is 0. The Bertz CT molecular complexity index is 1240. The summed E-state index contributed by atoms with van der Waals surface area (Å²) in [5, 5.41) is 4.80. The van der Waals surface area contributed by atoms with Crippen LogP contribution in [0.15, 0.2) is 65.1 Å². The minimum absolute atomic E-state index is 0.00634. The molecule has 0 fully saturated rings. The largest absolute Gasteiger partial charge is 0.352 e. The average molecular weight is 522 g/mol. The molecule has 1 aliphatic rings. The highest BCUT2D eigenvalue weighted by atomic mass is 79.9. The van der Waals surface area contributed by atoms with Crippen molar-refractivity contribution >= 4 is 50.1 Å². The number of nitrogens with one attached hydrogen (secondary N) is 1. The average Bonchev–Trinajstić information content (AvgIpc) is 3.11. The highest BCUT2D eigenvalue weighted by Crippen LogP contribution is 2.37. The van der Waals surface area contributed by atoms with Gasteiger partial charge in [0.25, 0.3) is 5.91 Å². The number of amides is 3. The lowest BCUT2D eigenvalue weighted by Crippen LogP contribution is -2.52. The molecule has 34 heavy (non-hydrogen) atoms. The van der Waals surface area contributed by atoms with Crippen molar-refractivity contribution in [2.24, 2.45) is 0 Å². The maximum Gasteiger partial charge on any atom is 0.259 e. The van der Waals surface area contributed by atoms with Crippen molar-refractivity contribution in [3.05, 3.63) is 76.3 Å². The molecule has 1 N–H and O–H groups in total. The number of hydrogen-bond acceptors (Lipinski definition) is 3. The smallest absolute Gasteiger partial charge is 0.259 e. The Morgan fingerprint density at radius 3 is 2.38 bits per heavy atom. The van der Waals surface area contributed by atoms with Gasteiger partial charge in [-0.3, -0.25) is 19.3 Å². The molecule has 3 aromatic carbocycles. The topological polar surface area (TPSA) is 69.7 Å². The predicted molar refractivity (Wildman–Crippen MR) is 138 cm³/mol. The molecule has 0 radical (unpaired) electrons. The third-order valence-corrected chi connectivity index (χ3v) is 6.91. The van der Waals surface area contributed by atoms with E-state index in [1.54, 1.807) is 17.9 Å². The van der Waals surface area contributed by atoms with Gasteiger partial charge in [0.15, 0.2) is 0 Å². The van der Waals surface area contributed by atoms with Gasteiger partial charge in [0.1, 0.15) is 12.6 Å². The van der Waals surface area contributed by atoms with Crippen LogP contribution in [0.25, 0.3) is 10.8 Å². The molecule has 1 heterocycles. The third kappa shape index (κ3) is 4.71. The minimum Gasteiger partial charge on any atom is -0.352 e. The molecule has 0 spiro atoms. The lowest BCUT2D eigenvalue weighted by atomic mass is 10.1. The summed E-state index contributed by atoms with van der Waals surface area (Å²) in [6.45, 7) is 5.80. The van der Waals surface area contributed by atoms with Gasteiger partial charge in [0.2, 0.25) is 11.8 Å². The fourth-order valence-electron chi connectivity index (χ4n) is 4.20. The van der Waals surface area contributed by atoms with Gasteiger partial charge >= 0.3 is 0 Å². The summed E-state index contributed by atoms with van der Waals surface area (Å²) >= 11 is 3.43. The Morgan fingerprint density at radius 2 is 1.71 bits per heavy atom. The Labute approximate surface area is 208 Å². The fourth-order valence-corrected chi connectivity index (χ4v) is 4.46. The molecule has 0 saturated carbocycles. The second-order valence-corrected chi connectivity index (χ2v) is 9.63. The molecule has 3 aromatic rings. The van der Waals surface area contributed by atoms with Crippen LogP contribution in [0, 0.1) is 0 Å². The summed E-state index contributed by atoms with van der Waals surface area (Å²) in [5.41, 5.74) is 2.23. The van der Waals surface area contributed by atoms with Crippen LogP contribution in [-0.2, 0) is 16.1 Å². The Hall–Kier alpha value is -3.19. The van der Waals surface area contributed by atoms with E-state index in [4.69, 9.17) is 0 Å². The molecule has 0 aliphatic carbocycles. The predicted octanol–water partition coefficient (Wildman–Crippen LogP) is 4.89. The van der Waals surface area contributed by atoms with Crippen LogP contribution in [0.2, 0.25) is 0 Å². The molecule has 0 bridgehead atoms. The van der Waals surface area contributed by atoms with E-state index < -0.39 is 6.04 Å². The van der Waals surface area contributed by atoms with Crippen LogP contribution in [-0.4, -0.2) is 41.2 Å². The zero-order chi connectivity index (χ0) is 24.4. The lowest BCUT2D eigenvalue weighted by molar-refractivity contribution is -0.139. The van der Waals surface area contributed by atoms with E-state index in [9.17, 15) is 14.4 Å². The van der Waals surface area contributed by atoms with Gasteiger partial charge in [-0.25, -0.2) is 0 Å². The van der Waals surface area contributed by atoms with Gasteiger partial charge in [0, 0.05) is 28.0 Å². The molecule has 7 heteroatoms. The quantitative estimate of drug-likeness (QED) is 0.458. The highest BCUT2D eigenvalue weighted by molar-refractivity contribution is 9.10. The Morgan fingerprint density at radius 1 is 1.03 bits per heavy atom. The van der Waals surface area contributed by atoms with Crippen LogP contribution >= 0.6 is 15.9 Å². The highest BCUT2D eigenvalue weighted by Gasteiger charge is 2.34. The van der Waals surface area contributed by atoms with Crippen molar-refractivity contribution in [1.82, 2.24) is 10.2 Å². The van der Waals surface area contributed by atoms with E-state index >= 15 is 0 Å². The van der Waals surface area contributed by atoms with Gasteiger partial charge < -0.3 is 10.2 Å². The van der Waals surface area contributed by atoms with E-state index in [0.717, 1.165) is 32.9 Å². The molecule has 6 nitrogen and oxygen atoms in total. The van der Waals surface area contributed by atoms with E-state index in [1.807, 2.05) is 68.4 Å². The lowest BCUT2D eigenvalue weighted by Gasteiger charge is -2.31. The van der Waals surface area contributed by atoms with Crippen molar-refractivity contribution in [3.63, 3.8) is 0 Å². The van der Waals surface area contributed by atoms with Gasteiger partial charge in [-0.05, 0) is 55.5 Å². The zero-order valence-corrected chi connectivity index (χ0v) is 21.1. The number of halogens is 1. The fraction of sp³-hybridized carbons (Fsp3) is 0.296. The van der Waals surface area contributed by atoms with Crippen LogP contribution in [0.1, 0.15) is 43.1 Å². The van der Waals surface area contributed by atoms with Gasteiger partial charge in [-0.2, -0.15) is 0 Å². The molecule has 4 rings (SSSR count). The first kappa shape index (κ1) is 24.0. The van der Waals surface area contributed by atoms with Crippen LogP contribution in [0.5, 0.6) is 0 Å². The van der Waals surface area contributed by atoms with Crippen LogP contribution in [0.3, 0.4) is 0 Å². The normalized spacial score (nSPS) is 14.2. The number of benzene rings is 3. The van der Waals surface area contributed by atoms with Crippen LogP contribution < -0.4 is 10.2 Å². The first-order valence-electron chi connectivity index (χ1n) is 11.5. The summed E-state index contributed by atoms with van der Waals surface area (Å²) < 4.78 is 0.935. The standard InChI is InChI=1S/C27H28BrN3O3/c1-4-17(2)29-26(33)18(3)30(15-19-11-13-21(28)14-12-19)24(32)16-31-23-10-6-8-20-7-5-9-22(25(20)23)27(31)34/h5-14,17-18H,4,15-16H2,1-3H3,(H,29,33)/t17-,18-/m0/s1. The van der Waals surface area contributed by atoms with Gasteiger partial charge in [0.05, 0.1) is 5.69 Å². The molecule has 0 unspecified atom stereocenters. The number of carbonyl (C=O) groups excluding carboxylic acids is 3. The van der Waals surface area contributed by atoms with E-state index in [2.05, 4.69) is 21.2 Å². The Kier molecular flexibility index (Phi) is 7.03. The van der Waals surface area contributed by atoms with Gasteiger partial charge in [-0.1, -0.05) is 59.3 Å². The van der Waals surface area contributed by atoms with E-state index in [1.165, 1.54) is 4.90 Å². The number of rotatable bonds is 8. The molecular weight excluding hydrogens is 494 g/mol. The second kappa shape index (κ2) is 9.97. The molecule has 176 valence electrons. The number of hydrogen-bond donors (Lipinski definition) is 1. The number of carbonyl (C=O) groups is 3. The maximum absolute atomic E-state index is 13.6.